The Kier molecular flexibility index (Phi) is 4.03. The molecule has 1 saturated carbocycles. The summed E-state index contributed by atoms with van der Waals surface area (Å²) in [5.41, 5.74) is 6.07. The van der Waals surface area contributed by atoms with Crippen LogP contribution in [0.1, 0.15) is 43.2 Å². The quantitative estimate of drug-likeness (QED) is 0.709. The van der Waals surface area contributed by atoms with E-state index in [9.17, 15) is 13.2 Å². The smallest absolute Gasteiger partial charge is 0.268 e. The standard InChI is InChI=1S/C13H22N4O3S/c1-13(2,16-21(3,19)20)8-15-12(18)11-6-9(14)7-17(11)10-4-5-10/h6-7,10,16H,4-5,8,14H2,1-3H3,(H,15,18). The zero-order chi connectivity index (χ0) is 15.8. The van der Waals surface area contributed by atoms with Crippen LogP contribution in [0.2, 0.25) is 0 Å². The van der Waals surface area contributed by atoms with Crippen LogP contribution in [0.15, 0.2) is 12.3 Å². The van der Waals surface area contributed by atoms with E-state index in [1.165, 1.54) is 0 Å². The Morgan fingerprint density at radius 2 is 2.10 bits per heavy atom. The van der Waals surface area contributed by atoms with Crippen LogP contribution in [0.5, 0.6) is 0 Å². The molecule has 4 N–H and O–H groups in total. The van der Waals surface area contributed by atoms with E-state index >= 15 is 0 Å². The Hall–Kier alpha value is -1.54. The first-order chi connectivity index (χ1) is 9.57. The van der Waals surface area contributed by atoms with Gasteiger partial charge in [-0.25, -0.2) is 13.1 Å². The second kappa shape index (κ2) is 5.34. The van der Waals surface area contributed by atoms with Gasteiger partial charge in [0.25, 0.3) is 5.91 Å². The van der Waals surface area contributed by atoms with Crippen LogP contribution in [0, 0.1) is 0 Å². The molecule has 8 heteroatoms. The van der Waals surface area contributed by atoms with Crippen LogP contribution in [0.3, 0.4) is 0 Å². The summed E-state index contributed by atoms with van der Waals surface area (Å²) in [6.07, 6.45) is 4.97. The van der Waals surface area contributed by atoms with E-state index in [0.29, 0.717) is 17.4 Å². The number of rotatable bonds is 6. The minimum absolute atomic E-state index is 0.189. The van der Waals surface area contributed by atoms with Crippen LogP contribution in [-0.4, -0.2) is 37.2 Å². The van der Waals surface area contributed by atoms with Crippen molar-refractivity contribution in [2.45, 2.75) is 38.3 Å². The van der Waals surface area contributed by atoms with Crippen molar-refractivity contribution >= 4 is 21.6 Å². The third-order valence-electron chi connectivity index (χ3n) is 3.20. The van der Waals surface area contributed by atoms with Gasteiger partial charge in [-0.2, -0.15) is 0 Å². The van der Waals surface area contributed by atoms with Crippen LogP contribution < -0.4 is 15.8 Å². The predicted octanol–water partition coefficient (Wildman–Crippen LogP) is 0.463. The van der Waals surface area contributed by atoms with E-state index in [1.807, 2.05) is 4.57 Å². The molecule has 0 atom stereocenters. The number of carbonyl (C=O) groups is 1. The fourth-order valence-corrected chi connectivity index (χ4v) is 3.34. The first-order valence-corrected chi connectivity index (χ1v) is 8.71. The summed E-state index contributed by atoms with van der Waals surface area (Å²) in [4.78, 5) is 12.3. The summed E-state index contributed by atoms with van der Waals surface area (Å²) in [7, 11) is -3.33. The molecule has 0 unspecified atom stereocenters. The topological polar surface area (TPSA) is 106 Å². The molecule has 0 aliphatic heterocycles. The monoisotopic (exact) mass is 314 g/mol. The molecule has 1 aromatic rings. The van der Waals surface area contributed by atoms with Crippen molar-refractivity contribution in [1.29, 1.82) is 0 Å². The molecule has 1 fully saturated rings. The lowest BCUT2D eigenvalue weighted by molar-refractivity contribution is 0.0935. The maximum Gasteiger partial charge on any atom is 0.268 e. The number of nitrogens with zero attached hydrogens (tertiary/aromatic N) is 1. The van der Waals surface area contributed by atoms with Crippen molar-refractivity contribution in [3.8, 4) is 0 Å². The molecule has 1 aliphatic rings. The zero-order valence-corrected chi connectivity index (χ0v) is 13.3. The van der Waals surface area contributed by atoms with Gasteiger partial charge in [-0.05, 0) is 32.8 Å². The number of anilines is 1. The number of nitrogens with two attached hydrogens (primary N) is 1. The number of amides is 1. The van der Waals surface area contributed by atoms with Gasteiger partial charge in [-0.1, -0.05) is 0 Å². The SMILES string of the molecule is CC(C)(CNC(=O)c1cc(N)cn1C1CC1)NS(C)(=O)=O. The number of carbonyl (C=O) groups excluding carboxylic acids is 1. The van der Waals surface area contributed by atoms with Crippen molar-refractivity contribution in [3.05, 3.63) is 18.0 Å². The normalized spacial score (nSPS) is 16.0. The Labute approximate surface area is 124 Å². The van der Waals surface area contributed by atoms with Crippen molar-refractivity contribution in [3.63, 3.8) is 0 Å². The minimum atomic E-state index is -3.33. The maximum atomic E-state index is 12.3. The van der Waals surface area contributed by atoms with Gasteiger partial charge >= 0.3 is 0 Å². The predicted molar refractivity (Wildman–Crippen MR) is 81.5 cm³/mol. The van der Waals surface area contributed by atoms with Gasteiger partial charge in [0.2, 0.25) is 10.0 Å². The van der Waals surface area contributed by atoms with Gasteiger partial charge in [0.1, 0.15) is 5.69 Å². The van der Waals surface area contributed by atoms with Crippen LogP contribution in [-0.2, 0) is 10.0 Å². The van der Waals surface area contributed by atoms with Crippen molar-refractivity contribution in [1.82, 2.24) is 14.6 Å². The van der Waals surface area contributed by atoms with E-state index < -0.39 is 15.6 Å². The number of sulfonamides is 1. The lowest BCUT2D eigenvalue weighted by Crippen LogP contribution is -2.51. The van der Waals surface area contributed by atoms with Gasteiger partial charge in [-0.3, -0.25) is 4.79 Å². The Morgan fingerprint density at radius 3 is 2.62 bits per heavy atom. The highest BCUT2D eigenvalue weighted by Crippen LogP contribution is 2.37. The average Bonchev–Trinajstić information content (AvgIpc) is 3.06. The molecule has 21 heavy (non-hydrogen) atoms. The second-order valence-electron chi connectivity index (χ2n) is 6.24. The number of aromatic nitrogens is 1. The molecule has 0 aromatic carbocycles. The summed E-state index contributed by atoms with van der Waals surface area (Å²) in [6, 6.07) is 2.00. The Morgan fingerprint density at radius 1 is 1.48 bits per heavy atom. The summed E-state index contributed by atoms with van der Waals surface area (Å²) in [5, 5.41) is 2.76. The van der Waals surface area contributed by atoms with E-state index in [1.54, 1.807) is 26.1 Å². The number of hydrogen-bond acceptors (Lipinski definition) is 4. The molecule has 2 rings (SSSR count). The maximum absolute atomic E-state index is 12.3. The fraction of sp³-hybridized carbons (Fsp3) is 0.615. The molecule has 1 amide bonds. The van der Waals surface area contributed by atoms with Crippen molar-refractivity contribution in [2.24, 2.45) is 0 Å². The first-order valence-electron chi connectivity index (χ1n) is 6.82. The van der Waals surface area contributed by atoms with E-state index in [0.717, 1.165) is 19.1 Å². The molecular formula is C13H22N4O3S. The molecule has 0 radical (unpaired) electrons. The van der Waals surface area contributed by atoms with Gasteiger partial charge in [0.15, 0.2) is 0 Å². The van der Waals surface area contributed by atoms with Crippen LogP contribution in [0.25, 0.3) is 0 Å². The van der Waals surface area contributed by atoms with Gasteiger partial charge in [-0.15, -0.1) is 0 Å². The number of nitrogens with one attached hydrogen (secondary N) is 2. The van der Waals surface area contributed by atoms with E-state index in [-0.39, 0.29) is 12.5 Å². The number of nitrogen functional groups attached to an aromatic ring is 1. The summed E-state index contributed by atoms with van der Waals surface area (Å²) >= 11 is 0. The molecule has 1 aromatic heterocycles. The van der Waals surface area contributed by atoms with Gasteiger partial charge in [0, 0.05) is 24.3 Å². The Bertz CT molecular complexity index is 644. The molecular weight excluding hydrogens is 292 g/mol. The molecule has 0 saturated heterocycles. The molecule has 1 heterocycles. The fourth-order valence-electron chi connectivity index (χ4n) is 2.27. The molecule has 118 valence electrons. The molecule has 0 bridgehead atoms. The Balaban J connectivity index is 2.02. The third kappa shape index (κ3) is 4.47. The van der Waals surface area contributed by atoms with Crippen molar-refractivity contribution < 1.29 is 13.2 Å². The summed E-state index contributed by atoms with van der Waals surface area (Å²) < 4.78 is 26.9. The van der Waals surface area contributed by atoms with Crippen LogP contribution in [0.4, 0.5) is 5.69 Å². The van der Waals surface area contributed by atoms with Crippen molar-refractivity contribution in [2.75, 3.05) is 18.5 Å². The molecule has 1 aliphatic carbocycles. The van der Waals surface area contributed by atoms with E-state index in [4.69, 9.17) is 5.73 Å². The lowest BCUT2D eigenvalue weighted by Gasteiger charge is -2.25. The highest BCUT2D eigenvalue weighted by molar-refractivity contribution is 7.88. The van der Waals surface area contributed by atoms with Gasteiger partial charge in [0.05, 0.1) is 11.9 Å². The highest BCUT2D eigenvalue weighted by atomic mass is 32.2. The third-order valence-corrected chi connectivity index (χ3v) is 4.12. The lowest BCUT2D eigenvalue weighted by atomic mass is 10.1. The van der Waals surface area contributed by atoms with Gasteiger partial charge < -0.3 is 15.6 Å². The largest absolute Gasteiger partial charge is 0.397 e. The second-order valence-corrected chi connectivity index (χ2v) is 7.99. The summed E-state index contributed by atoms with van der Waals surface area (Å²) in [6.45, 7) is 3.61. The number of hydrogen-bond donors (Lipinski definition) is 3. The average molecular weight is 314 g/mol. The van der Waals surface area contributed by atoms with Crippen LogP contribution >= 0.6 is 0 Å². The zero-order valence-electron chi connectivity index (χ0n) is 12.5. The van der Waals surface area contributed by atoms with E-state index in [2.05, 4.69) is 10.0 Å². The minimum Gasteiger partial charge on any atom is -0.397 e. The summed E-state index contributed by atoms with van der Waals surface area (Å²) in [5.74, 6) is -0.248. The first kappa shape index (κ1) is 15.8. The highest BCUT2D eigenvalue weighted by Gasteiger charge is 2.29. The molecule has 0 spiro atoms. The molecule has 7 nitrogen and oxygen atoms in total.